The summed E-state index contributed by atoms with van der Waals surface area (Å²) in [7, 11) is 1.58. The SMILES string of the molecule is COc1cccc([C@H](O)Cn2ccn3nc(-c4ccc(C)cc4)cc3c2=O)c1. The molecule has 2 aromatic heterocycles. The fraction of sp³-hybridized carbons (Fsp3) is 0.182. The van der Waals surface area contributed by atoms with Crippen molar-refractivity contribution in [3.05, 3.63) is 88.5 Å². The fourth-order valence-corrected chi connectivity index (χ4v) is 3.18. The molecule has 0 amide bonds. The fourth-order valence-electron chi connectivity index (χ4n) is 3.18. The molecule has 28 heavy (non-hydrogen) atoms. The number of aromatic nitrogens is 3. The Hall–Kier alpha value is -3.38. The minimum absolute atomic E-state index is 0.146. The van der Waals surface area contributed by atoms with E-state index in [2.05, 4.69) is 5.10 Å². The molecular weight excluding hydrogens is 354 g/mol. The summed E-state index contributed by atoms with van der Waals surface area (Å²) in [6.45, 7) is 2.17. The summed E-state index contributed by atoms with van der Waals surface area (Å²) >= 11 is 0. The normalized spacial score (nSPS) is 12.2. The van der Waals surface area contributed by atoms with Gasteiger partial charge in [-0.1, -0.05) is 42.0 Å². The largest absolute Gasteiger partial charge is 0.497 e. The summed E-state index contributed by atoms with van der Waals surface area (Å²) in [5.41, 5.74) is 3.83. The van der Waals surface area contributed by atoms with E-state index in [1.807, 2.05) is 49.4 Å². The number of fused-ring (bicyclic) bond motifs is 1. The molecule has 1 N–H and O–H groups in total. The van der Waals surface area contributed by atoms with Crippen molar-refractivity contribution >= 4 is 5.52 Å². The average Bonchev–Trinajstić information content (AvgIpc) is 3.16. The van der Waals surface area contributed by atoms with Gasteiger partial charge in [-0.15, -0.1) is 0 Å². The Bertz CT molecular complexity index is 1180. The Morgan fingerprint density at radius 3 is 2.64 bits per heavy atom. The van der Waals surface area contributed by atoms with Crippen LogP contribution in [0.3, 0.4) is 0 Å². The molecule has 6 nitrogen and oxygen atoms in total. The van der Waals surface area contributed by atoms with Crippen molar-refractivity contribution in [3.63, 3.8) is 0 Å². The van der Waals surface area contributed by atoms with Crippen LogP contribution in [-0.4, -0.2) is 26.4 Å². The lowest BCUT2D eigenvalue weighted by atomic mass is 10.1. The van der Waals surface area contributed by atoms with Gasteiger partial charge in [-0.2, -0.15) is 5.10 Å². The maximum atomic E-state index is 12.9. The molecule has 0 spiro atoms. The summed E-state index contributed by atoms with van der Waals surface area (Å²) in [5, 5.41) is 15.1. The zero-order valence-corrected chi connectivity index (χ0v) is 15.7. The molecule has 0 bridgehead atoms. The first-order valence-corrected chi connectivity index (χ1v) is 9.03. The molecule has 0 unspecified atom stereocenters. The number of aliphatic hydroxyl groups excluding tert-OH is 1. The van der Waals surface area contributed by atoms with E-state index in [0.29, 0.717) is 16.8 Å². The predicted molar refractivity (Wildman–Crippen MR) is 108 cm³/mol. The Labute approximate surface area is 162 Å². The highest BCUT2D eigenvalue weighted by Crippen LogP contribution is 2.21. The second-order valence-electron chi connectivity index (χ2n) is 6.77. The molecule has 142 valence electrons. The Morgan fingerprint density at radius 1 is 1.11 bits per heavy atom. The second kappa shape index (κ2) is 7.32. The maximum Gasteiger partial charge on any atom is 0.276 e. The van der Waals surface area contributed by atoms with E-state index in [1.165, 1.54) is 10.1 Å². The third kappa shape index (κ3) is 3.42. The summed E-state index contributed by atoms with van der Waals surface area (Å²) in [6.07, 6.45) is 2.55. The van der Waals surface area contributed by atoms with Gasteiger partial charge in [0.05, 0.1) is 25.5 Å². The van der Waals surface area contributed by atoms with Crippen LogP contribution < -0.4 is 10.3 Å². The van der Waals surface area contributed by atoms with Gasteiger partial charge >= 0.3 is 0 Å². The van der Waals surface area contributed by atoms with Crippen molar-refractivity contribution in [1.82, 2.24) is 14.2 Å². The highest BCUT2D eigenvalue weighted by molar-refractivity contribution is 5.65. The van der Waals surface area contributed by atoms with E-state index < -0.39 is 6.10 Å². The van der Waals surface area contributed by atoms with E-state index in [9.17, 15) is 9.90 Å². The van der Waals surface area contributed by atoms with E-state index >= 15 is 0 Å². The van der Waals surface area contributed by atoms with Crippen molar-refractivity contribution < 1.29 is 9.84 Å². The molecule has 4 aromatic rings. The number of rotatable bonds is 5. The van der Waals surface area contributed by atoms with Gasteiger partial charge in [0.25, 0.3) is 5.56 Å². The lowest BCUT2D eigenvalue weighted by molar-refractivity contribution is 0.155. The van der Waals surface area contributed by atoms with Gasteiger partial charge in [-0.25, -0.2) is 4.52 Å². The van der Waals surface area contributed by atoms with Gasteiger partial charge in [0.2, 0.25) is 0 Å². The van der Waals surface area contributed by atoms with Gasteiger partial charge in [0.1, 0.15) is 11.3 Å². The number of aryl methyl sites for hydroxylation is 1. The van der Waals surface area contributed by atoms with Gasteiger partial charge in [0, 0.05) is 18.0 Å². The molecule has 0 radical (unpaired) electrons. The number of nitrogens with zero attached hydrogens (tertiary/aromatic N) is 3. The van der Waals surface area contributed by atoms with Gasteiger partial charge in [-0.05, 0) is 30.7 Å². The molecular formula is C22H21N3O3. The summed E-state index contributed by atoms with van der Waals surface area (Å²) in [5.74, 6) is 0.665. The predicted octanol–water partition coefficient (Wildman–Crippen LogP) is 3.21. The molecule has 0 fully saturated rings. The molecule has 2 aromatic carbocycles. The number of ether oxygens (including phenoxy) is 1. The lowest BCUT2D eigenvalue weighted by Crippen LogP contribution is -2.24. The number of benzene rings is 2. The van der Waals surface area contributed by atoms with E-state index in [-0.39, 0.29) is 12.1 Å². The Balaban J connectivity index is 1.65. The quantitative estimate of drug-likeness (QED) is 0.582. The van der Waals surface area contributed by atoms with Gasteiger partial charge in [-0.3, -0.25) is 4.79 Å². The average molecular weight is 375 g/mol. The van der Waals surface area contributed by atoms with E-state index in [1.54, 1.807) is 36.2 Å². The first-order valence-electron chi connectivity index (χ1n) is 9.03. The van der Waals surface area contributed by atoms with Crippen LogP contribution in [-0.2, 0) is 6.54 Å². The van der Waals surface area contributed by atoms with Crippen molar-refractivity contribution in [3.8, 4) is 17.0 Å². The van der Waals surface area contributed by atoms with Crippen LogP contribution in [0.2, 0.25) is 0 Å². The van der Waals surface area contributed by atoms with Crippen LogP contribution in [0.15, 0.2) is 71.8 Å². The van der Waals surface area contributed by atoms with Crippen LogP contribution in [0.5, 0.6) is 5.75 Å². The minimum atomic E-state index is -0.824. The molecule has 0 aliphatic heterocycles. The number of aliphatic hydroxyl groups is 1. The topological polar surface area (TPSA) is 68.8 Å². The maximum absolute atomic E-state index is 12.9. The monoisotopic (exact) mass is 375 g/mol. The second-order valence-corrected chi connectivity index (χ2v) is 6.77. The molecule has 0 saturated heterocycles. The molecule has 1 atom stereocenters. The van der Waals surface area contributed by atoms with Crippen LogP contribution in [0, 0.1) is 6.92 Å². The lowest BCUT2D eigenvalue weighted by Gasteiger charge is -2.14. The van der Waals surface area contributed by atoms with Crippen molar-refractivity contribution in [2.75, 3.05) is 7.11 Å². The van der Waals surface area contributed by atoms with E-state index in [4.69, 9.17) is 4.74 Å². The van der Waals surface area contributed by atoms with E-state index in [0.717, 1.165) is 11.3 Å². The summed E-state index contributed by atoms with van der Waals surface area (Å²) in [6, 6.07) is 17.0. The van der Waals surface area contributed by atoms with Crippen molar-refractivity contribution in [2.24, 2.45) is 0 Å². The molecule has 6 heteroatoms. The zero-order chi connectivity index (χ0) is 19.7. The molecule has 2 heterocycles. The van der Waals surface area contributed by atoms with Crippen molar-refractivity contribution in [2.45, 2.75) is 19.6 Å². The number of hydrogen-bond donors (Lipinski definition) is 1. The highest BCUT2D eigenvalue weighted by atomic mass is 16.5. The standard InChI is InChI=1S/C22H21N3O3/c1-15-6-8-16(9-7-15)19-13-20-22(27)24(10-11-25(20)23-19)14-21(26)17-4-3-5-18(12-17)28-2/h3-13,21,26H,14H2,1-2H3/t21-/m1/s1. The van der Waals surface area contributed by atoms with Crippen LogP contribution >= 0.6 is 0 Å². The van der Waals surface area contributed by atoms with Crippen LogP contribution in [0.25, 0.3) is 16.8 Å². The molecule has 0 aliphatic carbocycles. The third-order valence-electron chi connectivity index (χ3n) is 4.80. The van der Waals surface area contributed by atoms with Gasteiger partial charge in [0.15, 0.2) is 0 Å². The molecule has 4 rings (SSSR count). The highest BCUT2D eigenvalue weighted by Gasteiger charge is 2.13. The zero-order valence-electron chi connectivity index (χ0n) is 15.7. The first-order chi connectivity index (χ1) is 13.5. The van der Waals surface area contributed by atoms with Crippen LogP contribution in [0.4, 0.5) is 0 Å². The number of hydrogen-bond acceptors (Lipinski definition) is 4. The Kier molecular flexibility index (Phi) is 4.71. The third-order valence-corrected chi connectivity index (χ3v) is 4.80. The summed E-state index contributed by atoms with van der Waals surface area (Å²) in [4.78, 5) is 12.9. The molecule has 0 saturated carbocycles. The minimum Gasteiger partial charge on any atom is -0.497 e. The van der Waals surface area contributed by atoms with Gasteiger partial charge < -0.3 is 14.4 Å². The smallest absolute Gasteiger partial charge is 0.276 e. The van der Waals surface area contributed by atoms with Crippen LogP contribution in [0.1, 0.15) is 17.2 Å². The summed E-state index contributed by atoms with van der Waals surface area (Å²) < 4.78 is 8.27. The molecule has 0 aliphatic rings. The number of methoxy groups -OCH3 is 1. The van der Waals surface area contributed by atoms with Crippen molar-refractivity contribution in [1.29, 1.82) is 0 Å². The Morgan fingerprint density at radius 2 is 1.89 bits per heavy atom. The first kappa shape index (κ1) is 18.0.